The molecule has 1 aromatic heterocycles. The molecule has 0 unspecified atom stereocenters. The lowest BCUT2D eigenvalue weighted by Crippen LogP contribution is -2.36. The number of ether oxygens (including phenoxy) is 1. The Bertz CT molecular complexity index is 934. The number of methoxy groups -OCH3 is 1. The maximum atomic E-state index is 5.81. The van der Waals surface area contributed by atoms with E-state index in [0.29, 0.717) is 0 Å². The first kappa shape index (κ1) is 22.1. The van der Waals surface area contributed by atoms with E-state index in [0.717, 1.165) is 61.2 Å². The summed E-state index contributed by atoms with van der Waals surface area (Å²) in [5.41, 5.74) is 3.38. The van der Waals surface area contributed by atoms with E-state index in [1.165, 1.54) is 10.9 Å². The zero-order valence-electron chi connectivity index (χ0n) is 18.1. The molecule has 0 saturated heterocycles. The van der Waals surface area contributed by atoms with Crippen molar-refractivity contribution < 1.29 is 4.74 Å². The monoisotopic (exact) mass is 424 g/mol. The molecule has 2 aromatic carbocycles. The smallest absolute Gasteiger partial charge is 0.173 e. The zero-order valence-corrected chi connectivity index (χ0v) is 19.0. The zero-order chi connectivity index (χ0) is 21.3. The van der Waals surface area contributed by atoms with Gasteiger partial charge >= 0.3 is 0 Å². The molecule has 0 amide bonds. The van der Waals surface area contributed by atoms with Crippen molar-refractivity contribution in [3.63, 3.8) is 0 Å². The number of nitrogens with one attached hydrogen (secondary N) is 2. The Hall–Kier alpha value is -2.57. The Morgan fingerprint density at radius 1 is 1.03 bits per heavy atom. The molecule has 0 saturated carbocycles. The fourth-order valence-electron chi connectivity index (χ4n) is 3.62. The van der Waals surface area contributed by atoms with E-state index in [4.69, 9.17) is 17.0 Å². The SMILES string of the molecule is CCN(CC)CCCN(Cc1c[nH]c2ccccc12)C(=S)Nc1ccc(OC)cc1. The Balaban J connectivity index is 1.72. The number of rotatable bonds is 10. The predicted molar refractivity (Wildman–Crippen MR) is 130 cm³/mol. The number of hydrogen-bond acceptors (Lipinski definition) is 3. The molecule has 30 heavy (non-hydrogen) atoms. The molecular formula is C24H32N4OS. The standard InChI is InChI=1S/C24H32N4OS/c1-4-27(5-2)15-8-16-28(18-19-17-25-23-10-7-6-9-22(19)23)24(30)26-20-11-13-21(29-3)14-12-20/h6-7,9-14,17,25H,4-5,8,15-16,18H2,1-3H3,(H,26,30). The lowest BCUT2D eigenvalue weighted by atomic mass is 10.1. The number of para-hydroxylation sites is 1. The van der Waals surface area contributed by atoms with Crippen molar-refractivity contribution in [3.8, 4) is 5.75 Å². The fourth-order valence-corrected chi connectivity index (χ4v) is 3.90. The Labute approximate surface area is 185 Å². The van der Waals surface area contributed by atoms with Crippen molar-refractivity contribution in [2.24, 2.45) is 0 Å². The van der Waals surface area contributed by atoms with Gasteiger partial charge in [0.25, 0.3) is 0 Å². The van der Waals surface area contributed by atoms with Crippen molar-refractivity contribution in [1.29, 1.82) is 0 Å². The topological polar surface area (TPSA) is 43.5 Å². The second-order valence-corrected chi connectivity index (χ2v) is 7.71. The molecule has 3 aromatic rings. The maximum absolute atomic E-state index is 5.81. The third kappa shape index (κ3) is 5.74. The fraction of sp³-hybridized carbons (Fsp3) is 0.375. The highest BCUT2D eigenvalue weighted by Gasteiger charge is 2.14. The third-order valence-electron chi connectivity index (χ3n) is 5.46. The first-order valence-electron chi connectivity index (χ1n) is 10.6. The van der Waals surface area contributed by atoms with Gasteiger partial charge in [0.1, 0.15) is 5.75 Å². The second-order valence-electron chi connectivity index (χ2n) is 7.32. The number of aromatic nitrogens is 1. The lowest BCUT2D eigenvalue weighted by Gasteiger charge is -2.27. The van der Waals surface area contributed by atoms with E-state index < -0.39 is 0 Å². The Morgan fingerprint density at radius 3 is 2.47 bits per heavy atom. The quantitative estimate of drug-likeness (QED) is 0.443. The molecule has 1 heterocycles. The lowest BCUT2D eigenvalue weighted by molar-refractivity contribution is 0.281. The number of benzene rings is 2. The molecule has 0 atom stereocenters. The minimum absolute atomic E-state index is 0.741. The molecule has 0 spiro atoms. The van der Waals surface area contributed by atoms with Crippen LogP contribution in [0.5, 0.6) is 5.75 Å². The van der Waals surface area contributed by atoms with Gasteiger partial charge in [-0.15, -0.1) is 0 Å². The number of fused-ring (bicyclic) bond motifs is 1. The highest BCUT2D eigenvalue weighted by Crippen LogP contribution is 2.21. The van der Waals surface area contributed by atoms with Crippen LogP contribution >= 0.6 is 12.2 Å². The number of thiocarbonyl (C=S) groups is 1. The molecular weight excluding hydrogens is 392 g/mol. The predicted octanol–water partition coefficient (Wildman–Crippen LogP) is 5.11. The molecule has 0 aliphatic carbocycles. The van der Waals surface area contributed by atoms with Gasteiger partial charge in [-0.2, -0.15) is 0 Å². The van der Waals surface area contributed by atoms with Crippen molar-refractivity contribution in [1.82, 2.24) is 14.8 Å². The van der Waals surface area contributed by atoms with Crippen LogP contribution in [0.1, 0.15) is 25.8 Å². The molecule has 3 rings (SSSR count). The normalized spacial score (nSPS) is 11.1. The van der Waals surface area contributed by atoms with Gasteiger partial charge in [0, 0.05) is 35.9 Å². The van der Waals surface area contributed by atoms with Crippen LogP contribution in [0.4, 0.5) is 5.69 Å². The summed E-state index contributed by atoms with van der Waals surface area (Å²) in [6.07, 6.45) is 3.16. The summed E-state index contributed by atoms with van der Waals surface area (Å²) in [7, 11) is 1.67. The summed E-state index contributed by atoms with van der Waals surface area (Å²) in [5.74, 6) is 0.835. The number of hydrogen-bond donors (Lipinski definition) is 2. The molecule has 2 N–H and O–H groups in total. The van der Waals surface area contributed by atoms with Crippen LogP contribution in [0.25, 0.3) is 10.9 Å². The van der Waals surface area contributed by atoms with Crippen LogP contribution < -0.4 is 10.1 Å². The summed E-state index contributed by atoms with van der Waals surface area (Å²) in [6, 6.07) is 16.3. The third-order valence-corrected chi connectivity index (χ3v) is 5.82. The van der Waals surface area contributed by atoms with E-state index >= 15 is 0 Å². The van der Waals surface area contributed by atoms with Crippen LogP contribution in [0.15, 0.2) is 54.7 Å². The van der Waals surface area contributed by atoms with Crippen molar-refractivity contribution >= 4 is 33.9 Å². The molecule has 5 nitrogen and oxygen atoms in total. The van der Waals surface area contributed by atoms with Crippen LogP contribution in [-0.4, -0.2) is 53.2 Å². The molecule has 160 valence electrons. The van der Waals surface area contributed by atoms with Gasteiger partial charge in [-0.05, 0) is 74.2 Å². The van der Waals surface area contributed by atoms with Gasteiger partial charge in [0.15, 0.2) is 5.11 Å². The van der Waals surface area contributed by atoms with Gasteiger partial charge in [0.05, 0.1) is 7.11 Å². The van der Waals surface area contributed by atoms with Gasteiger partial charge in [-0.1, -0.05) is 32.0 Å². The van der Waals surface area contributed by atoms with Crippen LogP contribution in [0.3, 0.4) is 0 Å². The first-order valence-corrected chi connectivity index (χ1v) is 11.0. The average Bonchev–Trinajstić information content (AvgIpc) is 3.19. The van der Waals surface area contributed by atoms with Crippen LogP contribution in [0, 0.1) is 0 Å². The highest BCUT2D eigenvalue weighted by molar-refractivity contribution is 7.80. The number of H-pyrrole nitrogens is 1. The van der Waals surface area contributed by atoms with Crippen molar-refractivity contribution in [2.75, 3.05) is 38.6 Å². The maximum Gasteiger partial charge on any atom is 0.173 e. The summed E-state index contributed by atoms with van der Waals surface area (Å²) >= 11 is 5.81. The summed E-state index contributed by atoms with van der Waals surface area (Å²) in [5, 5.41) is 5.39. The van der Waals surface area contributed by atoms with E-state index in [1.807, 2.05) is 24.3 Å². The summed E-state index contributed by atoms with van der Waals surface area (Å²) in [4.78, 5) is 8.09. The van der Waals surface area contributed by atoms with Gasteiger partial charge < -0.3 is 24.8 Å². The Kier molecular flexibility index (Phi) is 8.11. The van der Waals surface area contributed by atoms with Gasteiger partial charge in [-0.3, -0.25) is 0 Å². The average molecular weight is 425 g/mol. The van der Waals surface area contributed by atoms with Crippen molar-refractivity contribution in [3.05, 3.63) is 60.3 Å². The molecule has 0 radical (unpaired) electrons. The van der Waals surface area contributed by atoms with E-state index in [2.05, 4.69) is 64.4 Å². The summed E-state index contributed by atoms with van der Waals surface area (Å²) in [6.45, 7) is 9.32. The molecule has 0 aliphatic heterocycles. The van der Waals surface area contributed by atoms with Gasteiger partial charge in [0.2, 0.25) is 0 Å². The van der Waals surface area contributed by atoms with Crippen molar-refractivity contribution in [2.45, 2.75) is 26.8 Å². The van der Waals surface area contributed by atoms with E-state index in [9.17, 15) is 0 Å². The minimum atomic E-state index is 0.741. The largest absolute Gasteiger partial charge is 0.497 e. The van der Waals surface area contributed by atoms with Crippen LogP contribution in [0.2, 0.25) is 0 Å². The van der Waals surface area contributed by atoms with E-state index in [1.54, 1.807) is 7.11 Å². The molecule has 0 fully saturated rings. The Morgan fingerprint density at radius 2 is 1.77 bits per heavy atom. The van der Waals surface area contributed by atoms with Gasteiger partial charge in [-0.25, -0.2) is 0 Å². The number of nitrogens with zero attached hydrogens (tertiary/aromatic N) is 2. The molecule has 0 aliphatic rings. The second kappa shape index (κ2) is 11.0. The molecule has 6 heteroatoms. The number of anilines is 1. The first-order chi connectivity index (χ1) is 14.6. The molecule has 0 bridgehead atoms. The minimum Gasteiger partial charge on any atom is -0.497 e. The van der Waals surface area contributed by atoms with E-state index in [-0.39, 0.29) is 0 Å². The summed E-state index contributed by atoms with van der Waals surface area (Å²) < 4.78 is 5.25. The van der Waals surface area contributed by atoms with Crippen LogP contribution in [-0.2, 0) is 6.54 Å². The highest BCUT2D eigenvalue weighted by atomic mass is 32.1. The number of aromatic amines is 1.